The molecule has 0 saturated carbocycles. The van der Waals surface area contributed by atoms with Crippen molar-refractivity contribution in [2.45, 2.75) is 104 Å². The van der Waals surface area contributed by atoms with Gasteiger partial charge in [-0.3, -0.25) is 4.79 Å². The molecule has 0 bridgehead atoms. The molecule has 0 aromatic rings. The van der Waals surface area contributed by atoms with Gasteiger partial charge in [0.25, 0.3) is 0 Å². The number of ether oxygens (including phenoxy) is 3. The molecule has 0 saturated heterocycles. The van der Waals surface area contributed by atoms with Crippen molar-refractivity contribution in [3.8, 4) is 0 Å². The third-order valence-corrected chi connectivity index (χ3v) is 5.41. The van der Waals surface area contributed by atoms with Crippen LogP contribution in [0.25, 0.3) is 0 Å². The van der Waals surface area contributed by atoms with Crippen molar-refractivity contribution in [3.05, 3.63) is 0 Å². The molecular weight excluding hydrogens is 366 g/mol. The van der Waals surface area contributed by atoms with Crippen molar-refractivity contribution in [1.82, 2.24) is 5.32 Å². The maximum Gasteiger partial charge on any atom is 0.246 e. The number of unbranched alkanes of at least 4 members (excludes halogenated alkanes) is 4. The molecule has 1 N–H and O–H groups in total. The number of carbonyl (C=O) groups excluding carboxylic acids is 1. The molecule has 0 rings (SSSR count). The lowest BCUT2D eigenvalue weighted by molar-refractivity contribution is -0.127. The predicted octanol–water partition coefficient (Wildman–Crippen LogP) is 5.51. The summed E-state index contributed by atoms with van der Waals surface area (Å²) in [4.78, 5) is 11.6. The van der Waals surface area contributed by atoms with Crippen LogP contribution in [0.3, 0.4) is 0 Å². The fourth-order valence-corrected chi connectivity index (χ4v) is 3.22. The van der Waals surface area contributed by atoms with Crippen molar-refractivity contribution >= 4 is 5.91 Å². The first-order valence-electron chi connectivity index (χ1n) is 12.2. The summed E-state index contributed by atoms with van der Waals surface area (Å²) in [5.74, 6) is 0.902. The highest BCUT2D eigenvalue weighted by molar-refractivity contribution is 5.77. The second-order valence-electron chi connectivity index (χ2n) is 8.08. The molecule has 29 heavy (non-hydrogen) atoms. The van der Waals surface area contributed by atoms with Crippen LogP contribution >= 0.6 is 0 Å². The molecule has 0 aliphatic carbocycles. The number of hydrogen-bond acceptors (Lipinski definition) is 4. The van der Waals surface area contributed by atoms with E-state index in [2.05, 4.69) is 26.1 Å². The first kappa shape index (κ1) is 28.4. The van der Waals surface area contributed by atoms with E-state index in [1.54, 1.807) is 0 Å². The third-order valence-electron chi connectivity index (χ3n) is 5.41. The Balaban J connectivity index is 3.21. The van der Waals surface area contributed by atoms with E-state index in [0.717, 1.165) is 51.2 Å². The van der Waals surface area contributed by atoms with Crippen LogP contribution in [0.1, 0.15) is 98.3 Å². The lowest BCUT2D eigenvalue weighted by Gasteiger charge is -2.13. The predicted molar refractivity (Wildman–Crippen MR) is 121 cm³/mol. The summed E-state index contributed by atoms with van der Waals surface area (Å²) < 4.78 is 16.7. The van der Waals surface area contributed by atoms with Gasteiger partial charge in [-0.25, -0.2) is 0 Å². The maximum atomic E-state index is 11.6. The number of rotatable bonds is 22. The molecule has 5 heteroatoms. The molecule has 0 heterocycles. The van der Waals surface area contributed by atoms with Crippen LogP contribution in [0, 0.1) is 5.92 Å². The van der Waals surface area contributed by atoms with E-state index in [1.807, 2.05) is 6.92 Å². The topological polar surface area (TPSA) is 56.8 Å². The van der Waals surface area contributed by atoms with Gasteiger partial charge in [0, 0.05) is 19.8 Å². The number of hydrogen-bond donors (Lipinski definition) is 1. The molecule has 0 aromatic heterocycles. The Morgan fingerprint density at radius 1 is 0.793 bits per heavy atom. The Bertz CT molecular complexity index is 352. The normalized spacial score (nSPS) is 13.4. The van der Waals surface area contributed by atoms with E-state index in [4.69, 9.17) is 14.2 Å². The van der Waals surface area contributed by atoms with Gasteiger partial charge in [-0.2, -0.15) is 0 Å². The average molecular weight is 416 g/mol. The molecule has 0 fully saturated rings. The number of amides is 1. The molecule has 0 aromatic carbocycles. The summed E-state index contributed by atoms with van der Waals surface area (Å²) in [5.41, 5.74) is 0. The minimum Gasteiger partial charge on any atom is -0.379 e. The van der Waals surface area contributed by atoms with Gasteiger partial charge in [-0.15, -0.1) is 0 Å². The smallest absolute Gasteiger partial charge is 0.246 e. The van der Waals surface area contributed by atoms with Crippen molar-refractivity contribution in [2.24, 2.45) is 5.92 Å². The quantitative estimate of drug-likeness (QED) is 0.237. The summed E-state index contributed by atoms with van der Waals surface area (Å²) in [7, 11) is 0. The van der Waals surface area contributed by atoms with Crippen LogP contribution in [0.2, 0.25) is 0 Å². The highest BCUT2D eigenvalue weighted by atomic mass is 16.5. The summed E-state index contributed by atoms with van der Waals surface area (Å²) in [5, 5.41) is 2.89. The van der Waals surface area contributed by atoms with E-state index in [1.165, 1.54) is 38.5 Å². The standard InChI is InChI=1S/C24H49NO4/c1-5-14-23(7-3)15-10-8-12-17-27-19-20-28-18-13-9-11-16-25-24(26)21-29-22(4)6-2/h22-23H,5-21H2,1-4H3,(H,25,26). The van der Waals surface area contributed by atoms with E-state index < -0.39 is 0 Å². The molecule has 0 spiro atoms. The SMILES string of the molecule is CCCC(CC)CCCCCOCCOCCCCCNC(=O)COC(C)CC. The van der Waals surface area contributed by atoms with Crippen LogP contribution in [0.5, 0.6) is 0 Å². The van der Waals surface area contributed by atoms with E-state index >= 15 is 0 Å². The Morgan fingerprint density at radius 3 is 2.03 bits per heavy atom. The Labute approximate surface area is 180 Å². The van der Waals surface area contributed by atoms with Gasteiger partial charge in [0.05, 0.1) is 19.3 Å². The molecule has 5 nitrogen and oxygen atoms in total. The fourth-order valence-electron chi connectivity index (χ4n) is 3.22. The van der Waals surface area contributed by atoms with Crippen LogP contribution in [0.15, 0.2) is 0 Å². The van der Waals surface area contributed by atoms with Crippen molar-refractivity contribution < 1.29 is 19.0 Å². The zero-order valence-electron chi connectivity index (χ0n) is 19.8. The first-order valence-corrected chi connectivity index (χ1v) is 12.2. The van der Waals surface area contributed by atoms with Gasteiger partial charge >= 0.3 is 0 Å². The number of nitrogens with one attached hydrogen (secondary N) is 1. The Kier molecular flexibility index (Phi) is 21.6. The van der Waals surface area contributed by atoms with E-state index in [-0.39, 0.29) is 18.6 Å². The van der Waals surface area contributed by atoms with Gasteiger partial charge in [0.15, 0.2) is 0 Å². The van der Waals surface area contributed by atoms with Gasteiger partial charge in [0.2, 0.25) is 5.91 Å². The van der Waals surface area contributed by atoms with Gasteiger partial charge < -0.3 is 19.5 Å². The molecule has 1 amide bonds. The molecule has 2 unspecified atom stereocenters. The molecule has 0 radical (unpaired) electrons. The van der Waals surface area contributed by atoms with E-state index in [0.29, 0.717) is 19.8 Å². The second-order valence-corrected chi connectivity index (χ2v) is 8.08. The van der Waals surface area contributed by atoms with Gasteiger partial charge in [-0.1, -0.05) is 59.3 Å². The fraction of sp³-hybridized carbons (Fsp3) is 0.958. The monoisotopic (exact) mass is 415 g/mol. The van der Waals surface area contributed by atoms with Crippen LogP contribution in [0.4, 0.5) is 0 Å². The highest BCUT2D eigenvalue weighted by Crippen LogP contribution is 2.18. The summed E-state index contributed by atoms with van der Waals surface area (Å²) in [6.07, 6.45) is 13.3. The minimum atomic E-state index is -0.0233. The maximum absolute atomic E-state index is 11.6. The molecule has 2 atom stereocenters. The summed E-state index contributed by atoms with van der Waals surface area (Å²) >= 11 is 0. The lowest BCUT2D eigenvalue weighted by atomic mass is 9.94. The second kappa shape index (κ2) is 22.0. The molecule has 174 valence electrons. The Hall–Kier alpha value is -0.650. The number of carbonyl (C=O) groups is 1. The first-order chi connectivity index (χ1) is 14.1. The van der Waals surface area contributed by atoms with Crippen LogP contribution < -0.4 is 5.32 Å². The average Bonchev–Trinajstić information content (AvgIpc) is 2.73. The van der Waals surface area contributed by atoms with Gasteiger partial charge in [-0.05, 0) is 44.9 Å². The Morgan fingerprint density at radius 2 is 1.45 bits per heavy atom. The molecule has 0 aliphatic rings. The summed E-state index contributed by atoms with van der Waals surface area (Å²) in [6.45, 7) is 12.5. The third kappa shape index (κ3) is 20.4. The van der Waals surface area contributed by atoms with E-state index in [9.17, 15) is 4.79 Å². The van der Waals surface area contributed by atoms with Crippen molar-refractivity contribution in [1.29, 1.82) is 0 Å². The van der Waals surface area contributed by atoms with Crippen LogP contribution in [-0.2, 0) is 19.0 Å². The highest BCUT2D eigenvalue weighted by Gasteiger charge is 2.05. The lowest BCUT2D eigenvalue weighted by Crippen LogP contribution is -2.29. The molecular formula is C24H49NO4. The van der Waals surface area contributed by atoms with Crippen molar-refractivity contribution in [2.75, 3.05) is 39.6 Å². The van der Waals surface area contributed by atoms with Crippen molar-refractivity contribution in [3.63, 3.8) is 0 Å². The molecule has 0 aliphatic heterocycles. The zero-order chi connectivity index (χ0) is 21.6. The minimum absolute atomic E-state index is 0.0233. The van der Waals surface area contributed by atoms with Crippen LogP contribution in [-0.4, -0.2) is 51.6 Å². The summed E-state index contributed by atoms with van der Waals surface area (Å²) in [6, 6.07) is 0. The largest absolute Gasteiger partial charge is 0.379 e. The zero-order valence-corrected chi connectivity index (χ0v) is 19.8. The van der Waals surface area contributed by atoms with Gasteiger partial charge in [0.1, 0.15) is 6.61 Å².